The normalized spacial score (nSPS) is 30.9. The predicted octanol–water partition coefficient (Wildman–Crippen LogP) is 2.45. The molecule has 1 rings (SSSR count). The lowest BCUT2D eigenvalue weighted by molar-refractivity contribution is 0.413. The van der Waals surface area contributed by atoms with E-state index >= 15 is 0 Å². The number of rotatable bonds is 3. The zero-order chi connectivity index (χ0) is 11.3. The Labute approximate surface area is 96.7 Å². The minimum absolute atomic E-state index is 0.297. The Hall–Kier alpha value is 0.110. The largest absolute Gasteiger partial charge is 0.316 e. The third-order valence-corrected chi connectivity index (χ3v) is 5.43. The Balaban J connectivity index is 2.64. The first-order chi connectivity index (χ1) is 7.16. The van der Waals surface area contributed by atoms with Gasteiger partial charge in [0.1, 0.15) is 0 Å². The molecular weight excluding hydrogens is 206 g/mol. The average Bonchev–Trinajstić information content (AvgIpc) is 2.17. The maximum Gasteiger partial charge on any atom is 0.0503 e. The van der Waals surface area contributed by atoms with Gasteiger partial charge in [-0.3, -0.25) is 4.21 Å². The molecule has 0 aliphatic heterocycles. The van der Waals surface area contributed by atoms with E-state index in [4.69, 9.17) is 0 Å². The molecule has 3 heteroatoms. The topological polar surface area (TPSA) is 29.1 Å². The summed E-state index contributed by atoms with van der Waals surface area (Å²) < 4.78 is 12.2. The van der Waals surface area contributed by atoms with Crippen LogP contribution in [0.3, 0.4) is 0 Å². The van der Waals surface area contributed by atoms with Crippen molar-refractivity contribution in [2.75, 3.05) is 7.05 Å². The van der Waals surface area contributed by atoms with E-state index in [-0.39, 0.29) is 0 Å². The minimum atomic E-state index is -0.669. The summed E-state index contributed by atoms with van der Waals surface area (Å²) in [5, 5.41) is 4.03. The van der Waals surface area contributed by atoms with Crippen LogP contribution in [0.15, 0.2) is 0 Å². The molecule has 0 radical (unpaired) electrons. The van der Waals surface area contributed by atoms with E-state index < -0.39 is 10.8 Å². The van der Waals surface area contributed by atoms with Crippen molar-refractivity contribution in [3.63, 3.8) is 0 Å². The summed E-state index contributed by atoms with van der Waals surface area (Å²) in [5.41, 5.74) is 0. The van der Waals surface area contributed by atoms with Gasteiger partial charge in [0.2, 0.25) is 0 Å². The highest BCUT2D eigenvalue weighted by atomic mass is 32.2. The molecule has 3 atom stereocenters. The van der Waals surface area contributed by atoms with Gasteiger partial charge in [0.25, 0.3) is 0 Å². The van der Waals surface area contributed by atoms with Crippen LogP contribution in [0.25, 0.3) is 0 Å². The van der Waals surface area contributed by atoms with Crippen LogP contribution in [0, 0.1) is 0 Å². The Morgan fingerprint density at radius 1 is 1.13 bits per heavy atom. The molecule has 1 aliphatic carbocycles. The van der Waals surface area contributed by atoms with E-state index in [0.717, 1.165) is 6.42 Å². The molecule has 1 fully saturated rings. The molecule has 0 aromatic heterocycles. The van der Waals surface area contributed by atoms with E-state index in [2.05, 4.69) is 19.2 Å². The first-order valence-corrected chi connectivity index (χ1v) is 7.51. The summed E-state index contributed by atoms with van der Waals surface area (Å²) in [5.74, 6) is 0. The van der Waals surface area contributed by atoms with Crippen molar-refractivity contribution in [2.24, 2.45) is 0 Å². The molecule has 0 spiro atoms. The van der Waals surface area contributed by atoms with E-state index in [1.165, 1.54) is 32.1 Å². The molecule has 3 unspecified atom stereocenters. The van der Waals surface area contributed by atoms with Gasteiger partial charge in [-0.15, -0.1) is 0 Å². The SMILES string of the molecule is CNC1CCCCCCC1S(=O)C(C)C. The van der Waals surface area contributed by atoms with Crippen molar-refractivity contribution in [1.29, 1.82) is 0 Å². The van der Waals surface area contributed by atoms with Gasteiger partial charge in [-0.2, -0.15) is 0 Å². The van der Waals surface area contributed by atoms with Crippen LogP contribution in [0.1, 0.15) is 52.4 Å². The van der Waals surface area contributed by atoms with Crippen LogP contribution in [0.5, 0.6) is 0 Å². The fraction of sp³-hybridized carbons (Fsp3) is 1.00. The summed E-state index contributed by atoms with van der Waals surface area (Å²) in [4.78, 5) is 0. The van der Waals surface area contributed by atoms with Gasteiger partial charge in [-0.25, -0.2) is 0 Å². The summed E-state index contributed by atoms with van der Waals surface area (Å²) in [6, 6.07) is 0.466. The van der Waals surface area contributed by atoms with Gasteiger partial charge in [0.15, 0.2) is 0 Å². The molecule has 15 heavy (non-hydrogen) atoms. The van der Waals surface area contributed by atoms with Crippen LogP contribution in [-0.4, -0.2) is 27.8 Å². The van der Waals surface area contributed by atoms with Crippen molar-refractivity contribution >= 4 is 10.8 Å². The van der Waals surface area contributed by atoms with Gasteiger partial charge in [-0.05, 0) is 19.9 Å². The molecule has 1 N–H and O–H groups in total. The Morgan fingerprint density at radius 2 is 1.73 bits per heavy atom. The molecule has 1 aliphatic rings. The maximum atomic E-state index is 12.2. The lowest BCUT2D eigenvalue weighted by Crippen LogP contribution is -2.42. The standard InChI is InChI=1S/C12H25NOS/c1-10(2)15(14)12-9-7-5-4-6-8-11(12)13-3/h10-13H,4-9H2,1-3H3. The summed E-state index contributed by atoms with van der Waals surface area (Å²) in [6.07, 6.45) is 7.54. The monoisotopic (exact) mass is 231 g/mol. The third kappa shape index (κ3) is 3.87. The van der Waals surface area contributed by atoms with Crippen molar-refractivity contribution in [2.45, 2.75) is 68.9 Å². The van der Waals surface area contributed by atoms with E-state index in [9.17, 15) is 4.21 Å². The molecule has 0 amide bonds. The van der Waals surface area contributed by atoms with Gasteiger partial charge in [-0.1, -0.05) is 39.5 Å². The first kappa shape index (κ1) is 13.2. The zero-order valence-corrected chi connectivity index (χ0v) is 11.1. The van der Waals surface area contributed by atoms with Crippen molar-refractivity contribution in [3.8, 4) is 0 Å². The molecule has 0 aromatic rings. The maximum absolute atomic E-state index is 12.2. The van der Waals surface area contributed by atoms with E-state index in [1.807, 2.05) is 7.05 Å². The van der Waals surface area contributed by atoms with Crippen molar-refractivity contribution in [1.82, 2.24) is 5.32 Å². The highest BCUT2D eigenvalue weighted by Gasteiger charge is 2.27. The second-order valence-electron chi connectivity index (χ2n) is 4.80. The van der Waals surface area contributed by atoms with E-state index in [0.29, 0.717) is 16.5 Å². The molecule has 2 nitrogen and oxygen atoms in total. The molecule has 0 aromatic carbocycles. The fourth-order valence-corrected chi connectivity index (χ4v) is 4.10. The molecule has 0 bridgehead atoms. The molecule has 90 valence electrons. The third-order valence-electron chi connectivity index (χ3n) is 3.34. The number of hydrogen-bond acceptors (Lipinski definition) is 2. The van der Waals surface area contributed by atoms with Crippen LogP contribution in [0.2, 0.25) is 0 Å². The Morgan fingerprint density at radius 3 is 2.27 bits per heavy atom. The summed E-state index contributed by atoms with van der Waals surface area (Å²) >= 11 is 0. The minimum Gasteiger partial charge on any atom is -0.316 e. The summed E-state index contributed by atoms with van der Waals surface area (Å²) in [6.45, 7) is 4.14. The van der Waals surface area contributed by atoms with Crippen LogP contribution >= 0.6 is 0 Å². The molecule has 1 saturated carbocycles. The van der Waals surface area contributed by atoms with Crippen molar-refractivity contribution in [3.05, 3.63) is 0 Å². The van der Waals surface area contributed by atoms with E-state index in [1.54, 1.807) is 0 Å². The van der Waals surface area contributed by atoms with Crippen LogP contribution in [0.4, 0.5) is 0 Å². The Kier molecular flexibility index (Phi) is 5.83. The highest BCUT2D eigenvalue weighted by Crippen LogP contribution is 2.23. The van der Waals surface area contributed by atoms with Gasteiger partial charge in [0.05, 0.1) is 5.25 Å². The van der Waals surface area contributed by atoms with Gasteiger partial charge < -0.3 is 5.32 Å². The molecular formula is C12H25NOS. The van der Waals surface area contributed by atoms with Gasteiger partial charge >= 0.3 is 0 Å². The second-order valence-corrected chi connectivity index (χ2v) is 7.01. The van der Waals surface area contributed by atoms with Crippen molar-refractivity contribution < 1.29 is 4.21 Å². The predicted molar refractivity (Wildman–Crippen MR) is 67.6 cm³/mol. The number of hydrogen-bond donors (Lipinski definition) is 1. The van der Waals surface area contributed by atoms with Crippen LogP contribution in [-0.2, 0) is 10.8 Å². The Bertz CT molecular complexity index is 206. The summed E-state index contributed by atoms with van der Waals surface area (Å²) in [7, 11) is 1.34. The lowest BCUT2D eigenvalue weighted by Gasteiger charge is -2.29. The molecule has 0 heterocycles. The zero-order valence-electron chi connectivity index (χ0n) is 10.3. The fourth-order valence-electron chi connectivity index (χ4n) is 2.41. The second kappa shape index (κ2) is 6.64. The average molecular weight is 231 g/mol. The lowest BCUT2D eigenvalue weighted by atomic mass is 9.96. The highest BCUT2D eigenvalue weighted by molar-refractivity contribution is 7.86. The number of nitrogens with one attached hydrogen (secondary N) is 1. The van der Waals surface area contributed by atoms with Gasteiger partial charge in [0, 0.05) is 22.1 Å². The first-order valence-electron chi connectivity index (χ1n) is 6.23. The van der Waals surface area contributed by atoms with Crippen LogP contribution < -0.4 is 5.32 Å². The quantitative estimate of drug-likeness (QED) is 0.808. The smallest absolute Gasteiger partial charge is 0.0503 e. The molecule has 0 saturated heterocycles.